The zero-order chi connectivity index (χ0) is 15.2. The van der Waals surface area contributed by atoms with Gasteiger partial charge in [0, 0.05) is 0 Å². The average Bonchev–Trinajstić information content (AvgIpc) is 2.59. The first-order valence-electron chi connectivity index (χ1n) is 7.95. The van der Waals surface area contributed by atoms with Gasteiger partial charge in [0.1, 0.15) is 0 Å². The maximum Gasteiger partial charge on any atom is 0.0726 e. The Kier molecular flexibility index (Phi) is 4.87. The summed E-state index contributed by atoms with van der Waals surface area (Å²) in [5.74, 6) is 0. The minimum atomic E-state index is 0.263. The fourth-order valence-corrected chi connectivity index (χ4v) is 2.75. The Morgan fingerprint density at radius 1 is 0.818 bits per heavy atom. The fraction of sp³-hybridized carbons (Fsp3) is 0.238. The largest absolute Gasteiger partial charge is 0.374 e. The zero-order valence-electron chi connectivity index (χ0n) is 13.0. The van der Waals surface area contributed by atoms with E-state index in [-0.39, 0.29) is 6.10 Å². The number of hydrogen-bond acceptors (Lipinski definition) is 1. The molecule has 0 aliphatic heterocycles. The van der Waals surface area contributed by atoms with Crippen LogP contribution in [0.4, 0.5) is 0 Å². The molecule has 1 atom stereocenters. The second kappa shape index (κ2) is 7.24. The SMILES string of the molecule is CC(CCc1ccccc1)OCc1cccc2ccccc12. The molecular weight excluding hydrogens is 268 g/mol. The van der Waals surface area contributed by atoms with Gasteiger partial charge in [-0.05, 0) is 41.7 Å². The van der Waals surface area contributed by atoms with Gasteiger partial charge in [-0.15, -0.1) is 0 Å². The molecule has 0 saturated heterocycles. The molecule has 3 aromatic carbocycles. The highest BCUT2D eigenvalue weighted by Crippen LogP contribution is 2.20. The lowest BCUT2D eigenvalue weighted by Gasteiger charge is -2.14. The molecule has 0 amide bonds. The Morgan fingerprint density at radius 2 is 1.55 bits per heavy atom. The zero-order valence-corrected chi connectivity index (χ0v) is 13.0. The van der Waals surface area contributed by atoms with E-state index >= 15 is 0 Å². The Labute approximate surface area is 132 Å². The molecule has 0 radical (unpaired) electrons. The summed E-state index contributed by atoms with van der Waals surface area (Å²) in [6, 6.07) is 25.5. The van der Waals surface area contributed by atoms with E-state index in [4.69, 9.17) is 4.74 Å². The van der Waals surface area contributed by atoms with E-state index < -0.39 is 0 Å². The molecule has 0 bridgehead atoms. The molecule has 1 nitrogen and oxygen atoms in total. The summed E-state index contributed by atoms with van der Waals surface area (Å²) in [5, 5.41) is 2.57. The first-order chi connectivity index (χ1) is 10.8. The van der Waals surface area contributed by atoms with Crippen LogP contribution in [0.1, 0.15) is 24.5 Å². The summed E-state index contributed by atoms with van der Waals surface area (Å²) in [6.45, 7) is 2.84. The lowest BCUT2D eigenvalue weighted by atomic mass is 10.0. The summed E-state index contributed by atoms with van der Waals surface area (Å²) in [6.07, 6.45) is 2.38. The molecule has 0 heterocycles. The van der Waals surface area contributed by atoms with Crippen LogP contribution in [-0.4, -0.2) is 6.10 Å². The van der Waals surface area contributed by atoms with Gasteiger partial charge in [0.2, 0.25) is 0 Å². The van der Waals surface area contributed by atoms with Crippen molar-refractivity contribution in [2.24, 2.45) is 0 Å². The molecule has 0 aliphatic carbocycles. The minimum Gasteiger partial charge on any atom is -0.374 e. The van der Waals surface area contributed by atoms with E-state index in [1.54, 1.807) is 0 Å². The summed E-state index contributed by atoms with van der Waals surface area (Å²) in [4.78, 5) is 0. The van der Waals surface area contributed by atoms with Crippen molar-refractivity contribution in [1.29, 1.82) is 0 Å². The van der Waals surface area contributed by atoms with Gasteiger partial charge in [0.15, 0.2) is 0 Å². The summed E-state index contributed by atoms with van der Waals surface area (Å²) >= 11 is 0. The van der Waals surface area contributed by atoms with Crippen molar-refractivity contribution < 1.29 is 4.74 Å². The molecule has 0 saturated carbocycles. The van der Waals surface area contributed by atoms with Crippen molar-refractivity contribution >= 4 is 10.8 Å². The Hall–Kier alpha value is -2.12. The molecule has 0 spiro atoms. The van der Waals surface area contributed by atoms with Crippen molar-refractivity contribution in [1.82, 2.24) is 0 Å². The van der Waals surface area contributed by atoms with Gasteiger partial charge in [-0.25, -0.2) is 0 Å². The summed E-state index contributed by atoms with van der Waals surface area (Å²) < 4.78 is 6.06. The van der Waals surface area contributed by atoms with Crippen LogP contribution in [0.5, 0.6) is 0 Å². The molecule has 1 unspecified atom stereocenters. The van der Waals surface area contributed by atoms with Crippen LogP contribution in [0.25, 0.3) is 10.8 Å². The predicted octanol–water partition coefficient (Wildman–Crippen LogP) is 5.38. The van der Waals surface area contributed by atoms with E-state index in [2.05, 4.69) is 79.7 Å². The van der Waals surface area contributed by atoms with Crippen molar-refractivity contribution in [2.75, 3.05) is 0 Å². The molecule has 0 aromatic heterocycles. The number of hydrogen-bond donors (Lipinski definition) is 0. The Balaban J connectivity index is 1.57. The normalized spacial score (nSPS) is 12.4. The molecule has 0 fully saturated rings. The van der Waals surface area contributed by atoms with Crippen molar-refractivity contribution in [2.45, 2.75) is 32.5 Å². The number of fused-ring (bicyclic) bond motifs is 1. The summed E-state index contributed by atoms with van der Waals surface area (Å²) in [7, 11) is 0. The van der Waals surface area contributed by atoms with E-state index in [0.717, 1.165) is 12.8 Å². The highest BCUT2D eigenvalue weighted by atomic mass is 16.5. The number of aryl methyl sites for hydroxylation is 1. The first-order valence-corrected chi connectivity index (χ1v) is 7.95. The van der Waals surface area contributed by atoms with E-state index in [0.29, 0.717) is 6.61 Å². The van der Waals surface area contributed by atoms with E-state index in [1.807, 2.05) is 0 Å². The molecule has 22 heavy (non-hydrogen) atoms. The third-order valence-electron chi connectivity index (χ3n) is 4.09. The van der Waals surface area contributed by atoms with Crippen molar-refractivity contribution in [3.8, 4) is 0 Å². The molecule has 0 N–H and O–H groups in total. The molecule has 112 valence electrons. The highest BCUT2D eigenvalue weighted by molar-refractivity contribution is 5.85. The van der Waals surface area contributed by atoms with Crippen LogP contribution >= 0.6 is 0 Å². The minimum absolute atomic E-state index is 0.263. The van der Waals surface area contributed by atoms with Crippen LogP contribution in [0.2, 0.25) is 0 Å². The summed E-state index contributed by atoms with van der Waals surface area (Å²) in [5.41, 5.74) is 2.65. The first kappa shape index (κ1) is 14.8. The van der Waals surface area contributed by atoms with Crippen LogP contribution < -0.4 is 0 Å². The fourth-order valence-electron chi connectivity index (χ4n) is 2.75. The molecule has 3 rings (SSSR count). The average molecular weight is 290 g/mol. The standard InChI is InChI=1S/C21H22O/c1-17(14-15-18-8-3-2-4-9-18)22-16-20-12-7-11-19-10-5-6-13-21(19)20/h2-13,17H,14-16H2,1H3. The van der Waals surface area contributed by atoms with Crippen LogP contribution in [0, 0.1) is 0 Å². The van der Waals surface area contributed by atoms with Gasteiger partial charge in [0.25, 0.3) is 0 Å². The van der Waals surface area contributed by atoms with Gasteiger partial charge in [-0.2, -0.15) is 0 Å². The van der Waals surface area contributed by atoms with Gasteiger partial charge in [-0.3, -0.25) is 0 Å². The number of rotatable bonds is 6. The van der Waals surface area contributed by atoms with Gasteiger partial charge < -0.3 is 4.74 Å². The highest BCUT2D eigenvalue weighted by Gasteiger charge is 2.05. The molecule has 0 aliphatic rings. The van der Waals surface area contributed by atoms with Crippen molar-refractivity contribution in [3.05, 3.63) is 83.9 Å². The van der Waals surface area contributed by atoms with Crippen LogP contribution in [0.15, 0.2) is 72.8 Å². The quantitative estimate of drug-likeness (QED) is 0.592. The van der Waals surface area contributed by atoms with Crippen LogP contribution in [0.3, 0.4) is 0 Å². The van der Waals surface area contributed by atoms with Gasteiger partial charge in [0.05, 0.1) is 12.7 Å². The molecule has 3 aromatic rings. The molecule has 1 heteroatoms. The third-order valence-corrected chi connectivity index (χ3v) is 4.09. The maximum atomic E-state index is 6.06. The smallest absolute Gasteiger partial charge is 0.0726 e. The van der Waals surface area contributed by atoms with Crippen molar-refractivity contribution in [3.63, 3.8) is 0 Å². The monoisotopic (exact) mass is 290 g/mol. The third kappa shape index (κ3) is 3.75. The van der Waals surface area contributed by atoms with Gasteiger partial charge >= 0.3 is 0 Å². The Bertz CT molecular complexity index is 713. The Morgan fingerprint density at radius 3 is 2.41 bits per heavy atom. The van der Waals surface area contributed by atoms with E-state index in [9.17, 15) is 0 Å². The molecular formula is C21H22O. The number of ether oxygens (including phenoxy) is 1. The number of benzene rings is 3. The second-order valence-corrected chi connectivity index (χ2v) is 5.78. The topological polar surface area (TPSA) is 9.23 Å². The maximum absolute atomic E-state index is 6.06. The predicted molar refractivity (Wildman–Crippen MR) is 93.0 cm³/mol. The van der Waals surface area contributed by atoms with Crippen LogP contribution in [-0.2, 0) is 17.8 Å². The lowest BCUT2D eigenvalue weighted by Crippen LogP contribution is -2.09. The second-order valence-electron chi connectivity index (χ2n) is 5.78. The lowest BCUT2D eigenvalue weighted by molar-refractivity contribution is 0.0485. The van der Waals surface area contributed by atoms with Gasteiger partial charge in [-0.1, -0.05) is 72.8 Å². The van der Waals surface area contributed by atoms with E-state index in [1.165, 1.54) is 21.9 Å².